The zero-order valence-electron chi connectivity index (χ0n) is 21.7. The molecule has 0 atom stereocenters. The quantitative estimate of drug-likeness (QED) is 0.333. The summed E-state index contributed by atoms with van der Waals surface area (Å²) in [6.07, 6.45) is 2.20. The fourth-order valence-corrected chi connectivity index (χ4v) is 4.35. The third-order valence-corrected chi connectivity index (χ3v) is 6.84. The summed E-state index contributed by atoms with van der Waals surface area (Å²) in [6.45, 7) is 3.47. The van der Waals surface area contributed by atoms with Crippen LogP contribution in [0.25, 0.3) is 10.9 Å². The molecule has 1 saturated carbocycles. The van der Waals surface area contributed by atoms with Gasteiger partial charge in [-0.3, -0.25) is 23.9 Å². The van der Waals surface area contributed by atoms with Crippen LogP contribution in [0.4, 0.5) is 4.39 Å². The van der Waals surface area contributed by atoms with E-state index in [0.29, 0.717) is 28.9 Å². The highest BCUT2D eigenvalue weighted by Gasteiger charge is 2.25. The monoisotopic (exact) mass is 556 g/mol. The van der Waals surface area contributed by atoms with Crippen molar-refractivity contribution in [3.8, 4) is 0 Å². The van der Waals surface area contributed by atoms with Crippen LogP contribution in [0, 0.1) is 11.7 Å². The van der Waals surface area contributed by atoms with Gasteiger partial charge in [-0.2, -0.15) is 5.10 Å². The van der Waals surface area contributed by atoms with Crippen LogP contribution in [0.1, 0.15) is 53.1 Å². The summed E-state index contributed by atoms with van der Waals surface area (Å²) in [5.41, 5.74) is 6.49. The lowest BCUT2D eigenvalue weighted by atomic mass is 10.1. The molecule has 0 unspecified atom stereocenters. The molecule has 0 aliphatic heterocycles. The van der Waals surface area contributed by atoms with Crippen molar-refractivity contribution in [1.82, 2.24) is 25.3 Å². The van der Waals surface area contributed by atoms with Gasteiger partial charge in [0.1, 0.15) is 12.4 Å². The number of nitrogens with zero attached hydrogens (tertiary/aromatic N) is 3. The molecule has 0 bridgehead atoms. The summed E-state index contributed by atoms with van der Waals surface area (Å²) in [4.78, 5) is 51.9. The van der Waals surface area contributed by atoms with Crippen molar-refractivity contribution in [3.63, 3.8) is 0 Å². The second-order valence-electron chi connectivity index (χ2n) is 9.86. The number of primary amides is 1. The maximum atomic E-state index is 14.1. The Balaban J connectivity index is 1.47. The Morgan fingerprint density at radius 2 is 1.92 bits per heavy atom. The van der Waals surface area contributed by atoms with Crippen LogP contribution < -0.4 is 16.4 Å². The summed E-state index contributed by atoms with van der Waals surface area (Å²) in [5.74, 6) is -2.08. The number of benzene rings is 2. The SMILES string of the molecule is CC(C)N(CC(=O)NCc1cccc(Cl)c1F)C(=O)Cn1nc(C(N)=O)c2cc(C(=O)NCC3CC3)ccc21. The number of nitrogens with one attached hydrogen (secondary N) is 2. The summed E-state index contributed by atoms with van der Waals surface area (Å²) in [6, 6.07) is 8.90. The molecule has 1 aliphatic carbocycles. The van der Waals surface area contributed by atoms with E-state index in [0.717, 1.165) is 12.8 Å². The molecule has 0 radical (unpaired) electrons. The molecule has 1 aromatic heterocycles. The number of rotatable bonds is 11. The lowest BCUT2D eigenvalue weighted by molar-refractivity contribution is -0.138. The average Bonchev–Trinajstić information content (AvgIpc) is 3.66. The van der Waals surface area contributed by atoms with E-state index in [1.54, 1.807) is 32.0 Å². The number of halogens is 2. The molecule has 0 spiro atoms. The molecule has 4 amide bonds. The molecule has 10 nitrogen and oxygen atoms in total. The van der Waals surface area contributed by atoms with E-state index in [1.165, 1.54) is 27.8 Å². The Bertz CT molecular complexity index is 1440. The van der Waals surface area contributed by atoms with Crippen molar-refractivity contribution in [1.29, 1.82) is 0 Å². The molecule has 206 valence electrons. The van der Waals surface area contributed by atoms with Gasteiger partial charge in [0.2, 0.25) is 11.8 Å². The molecule has 1 aliphatic rings. The van der Waals surface area contributed by atoms with Gasteiger partial charge in [-0.1, -0.05) is 23.7 Å². The largest absolute Gasteiger partial charge is 0.364 e. The van der Waals surface area contributed by atoms with Crippen LogP contribution in [-0.2, 0) is 22.7 Å². The summed E-state index contributed by atoms with van der Waals surface area (Å²) < 4.78 is 15.5. The first-order chi connectivity index (χ1) is 18.5. The van der Waals surface area contributed by atoms with E-state index < -0.39 is 23.5 Å². The number of aromatic nitrogens is 2. The molecule has 39 heavy (non-hydrogen) atoms. The van der Waals surface area contributed by atoms with Gasteiger partial charge in [-0.25, -0.2) is 4.39 Å². The molecule has 1 heterocycles. The van der Waals surface area contributed by atoms with Crippen LogP contribution in [0.3, 0.4) is 0 Å². The number of hydrogen-bond donors (Lipinski definition) is 3. The minimum Gasteiger partial charge on any atom is -0.364 e. The van der Waals surface area contributed by atoms with Gasteiger partial charge in [0.25, 0.3) is 11.8 Å². The Hall–Kier alpha value is -3.99. The van der Waals surface area contributed by atoms with Crippen molar-refractivity contribution in [2.24, 2.45) is 11.7 Å². The lowest BCUT2D eigenvalue weighted by Gasteiger charge is -2.26. The molecule has 4 rings (SSSR count). The number of amides is 4. The summed E-state index contributed by atoms with van der Waals surface area (Å²) in [7, 11) is 0. The Morgan fingerprint density at radius 3 is 2.59 bits per heavy atom. The normalized spacial score (nSPS) is 12.9. The maximum absolute atomic E-state index is 14.1. The molecule has 3 aromatic rings. The lowest BCUT2D eigenvalue weighted by Crippen LogP contribution is -2.45. The van der Waals surface area contributed by atoms with Crippen LogP contribution in [-0.4, -0.2) is 57.4 Å². The van der Waals surface area contributed by atoms with Gasteiger partial charge in [0.05, 0.1) is 17.1 Å². The number of fused-ring (bicyclic) bond motifs is 1. The third-order valence-electron chi connectivity index (χ3n) is 6.54. The zero-order chi connectivity index (χ0) is 28.3. The summed E-state index contributed by atoms with van der Waals surface area (Å²) >= 11 is 5.79. The Kier molecular flexibility index (Phi) is 8.49. The smallest absolute Gasteiger partial charge is 0.269 e. The predicted molar refractivity (Wildman–Crippen MR) is 143 cm³/mol. The molecule has 4 N–H and O–H groups in total. The maximum Gasteiger partial charge on any atom is 0.269 e. The number of carbonyl (C=O) groups is 4. The highest BCUT2D eigenvalue weighted by Crippen LogP contribution is 2.28. The predicted octanol–water partition coefficient (Wildman–Crippen LogP) is 2.62. The molecule has 12 heteroatoms. The van der Waals surface area contributed by atoms with Crippen LogP contribution >= 0.6 is 11.6 Å². The van der Waals surface area contributed by atoms with E-state index >= 15 is 0 Å². The average molecular weight is 557 g/mol. The molecule has 2 aromatic carbocycles. The van der Waals surface area contributed by atoms with Gasteiger partial charge in [0, 0.05) is 35.6 Å². The van der Waals surface area contributed by atoms with Crippen LogP contribution in [0.15, 0.2) is 36.4 Å². The van der Waals surface area contributed by atoms with Crippen molar-refractivity contribution in [2.75, 3.05) is 13.1 Å². The first-order valence-corrected chi connectivity index (χ1v) is 13.0. The van der Waals surface area contributed by atoms with Crippen molar-refractivity contribution in [3.05, 3.63) is 64.1 Å². The standard InChI is InChI=1S/C27H30ClFN6O4/c1-15(2)34(13-22(36)31-12-18-4-3-5-20(28)24(18)29)23(37)14-35-21-9-8-17(27(39)32-11-16-6-7-16)10-19(21)25(33-35)26(30)38/h3-5,8-10,15-16H,6-7,11-14H2,1-2H3,(H2,30,38)(H,31,36)(H,32,39). The van der Waals surface area contributed by atoms with Crippen molar-refractivity contribution < 1.29 is 23.6 Å². The fourth-order valence-electron chi connectivity index (χ4n) is 4.15. The zero-order valence-corrected chi connectivity index (χ0v) is 22.4. The van der Waals surface area contributed by atoms with Gasteiger partial charge in [-0.15, -0.1) is 0 Å². The minimum absolute atomic E-state index is 0.0477. The van der Waals surface area contributed by atoms with E-state index in [9.17, 15) is 23.6 Å². The first-order valence-electron chi connectivity index (χ1n) is 12.6. The molecular weight excluding hydrogens is 527 g/mol. The van der Waals surface area contributed by atoms with E-state index in [-0.39, 0.29) is 47.9 Å². The number of carbonyl (C=O) groups excluding carboxylic acids is 4. The highest BCUT2D eigenvalue weighted by atomic mass is 35.5. The number of hydrogen-bond acceptors (Lipinski definition) is 5. The summed E-state index contributed by atoms with van der Waals surface area (Å²) in [5, 5.41) is 10.0. The van der Waals surface area contributed by atoms with Crippen molar-refractivity contribution >= 4 is 46.1 Å². The molecule has 0 saturated heterocycles. The highest BCUT2D eigenvalue weighted by molar-refractivity contribution is 6.30. The second kappa shape index (κ2) is 11.8. The third kappa shape index (κ3) is 6.72. The van der Waals surface area contributed by atoms with Gasteiger partial charge in [-0.05, 0) is 56.9 Å². The molecule has 1 fully saturated rings. The van der Waals surface area contributed by atoms with Gasteiger partial charge >= 0.3 is 0 Å². The molecular formula is C27H30ClFN6O4. The number of nitrogens with two attached hydrogens (primary N) is 1. The Labute approximate surface area is 229 Å². The van der Waals surface area contributed by atoms with Crippen LogP contribution in [0.5, 0.6) is 0 Å². The minimum atomic E-state index is -0.796. The van der Waals surface area contributed by atoms with E-state index in [4.69, 9.17) is 17.3 Å². The van der Waals surface area contributed by atoms with E-state index in [1.807, 2.05) is 0 Å². The first kappa shape index (κ1) is 28.0. The Morgan fingerprint density at radius 1 is 1.18 bits per heavy atom. The fraction of sp³-hybridized carbons (Fsp3) is 0.370. The van der Waals surface area contributed by atoms with Gasteiger partial charge in [0.15, 0.2) is 5.69 Å². The second-order valence-corrected chi connectivity index (χ2v) is 10.3. The topological polar surface area (TPSA) is 139 Å². The van der Waals surface area contributed by atoms with Crippen LogP contribution in [0.2, 0.25) is 5.02 Å². The van der Waals surface area contributed by atoms with E-state index in [2.05, 4.69) is 15.7 Å². The van der Waals surface area contributed by atoms with Gasteiger partial charge < -0.3 is 21.3 Å². The van der Waals surface area contributed by atoms with Crippen molar-refractivity contribution in [2.45, 2.75) is 45.8 Å².